The summed E-state index contributed by atoms with van der Waals surface area (Å²) in [6.07, 6.45) is 18.9. The molecule has 0 saturated heterocycles. The van der Waals surface area contributed by atoms with Gasteiger partial charge in [-0.1, -0.05) is 100 Å². The van der Waals surface area contributed by atoms with Crippen molar-refractivity contribution in [2.24, 2.45) is 23.7 Å². The molecule has 0 amide bonds. The Hall–Kier alpha value is -1.91. The Morgan fingerprint density at radius 2 is 0.919 bits per heavy atom. The van der Waals surface area contributed by atoms with Gasteiger partial charge in [-0.25, -0.2) is 0 Å². The van der Waals surface area contributed by atoms with Crippen LogP contribution >= 0.6 is 7.26 Å². The molecule has 2 aliphatic rings. The van der Waals surface area contributed by atoms with Gasteiger partial charge in [-0.3, -0.25) is 0 Å². The molecule has 0 aliphatic heterocycles. The number of hydrogen-bond acceptors (Lipinski definition) is 0. The highest BCUT2D eigenvalue weighted by Gasteiger charge is 2.47. The largest absolute Gasteiger partial charge is 0.112 e. The average molecular weight is 512 g/mol. The highest BCUT2D eigenvalue weighted by Crippen LogP contribution is 2.58. The normalized spacial score (nSPS) is 24.6. The lowest BCUT2D eigenvalue weighted by Gasteiger charge is -2.39. The van der Waals surface area contributed by atoms with Crippen molar-refractivity contribution in [3.63, 3.8) is 0 Å². The lowest BCUT2D eigenvalue weighted by Crippen LogP contribution is -2.36. The molecule has 0 aromatic heterocycles. The van der Waals surface area contributed by atoms with E-state index >= 15 is 0 Å². The molecule has 2 aliphatic carbocycles. The van der Waals surface area contributed by atoms with Crippen molar-refractivity contribution in [1.82, 2.24) is 0 Å². The smallest absolute Gasteiger partial charge is 0.0654 e. The lowest BCUT2D eigenvalue weighted by molar-refractivity contribution is 0.147. The summed E-state index contributed by atoms with van der Waals surface area (Å²) in [5.74, 6) is 3.87. The average Bonchev–Trinajstić information content (AvgIpc) is 2.98. The molecule has 2 saturated carbocycles. The summed E-state index contributed by atoms with van der Waals surface area (Å²) in [5.41, 5.74) is 0. The second-order valence-corrected chi connectivity index (χ2v) is 15.6. The zero-order chi connectivity index (χ0) is 25.3. The minimum absolute atomic E-state index is 0.829. The van der Waals surface area contributed by atoms with Crippen LogP contribution in [0, 0.1) is 23.7 Å². The predicted octanol–water partition coefficient (Wildman–Crippen LogP) is 9.17. The monoisotopic (exact) mass is 511 g/mol. The fraction of sp³-hybridized carbons (Fsp3) is 0.500. The second-order valence-electron chi connectivity index (χ2n) is 12.1. The van der Waals surface area contributed by atoms with Gasteiger partial charge in [0.25, 0.3) is 0 Å². The molecule has 1 heteroatoms. The van der Waals surface area contributed by atoms with Crippen LogP contribution in [0.4, 0.5) is 0 Å². The maximum Gasteiger partial charge on any atom is 0.112 e. The Morgan fingerprint density at radius 3 is 1.32 bits per heavy atom. The summed E-state index contributed by atoms with van der Waals surface area (Å²) in [7, 11) is -1.70. The van der Waals surface area contributed by atoms with Crippen LogP contribution in [0.3, 0.4) is 0 Å². The SMILES string of the molecule is CCCCCC1CCC(C2CCC(C[P+](c3ccccc3)(c3ccccc3)c3ccccc3)CC2)CC1. The minimum atomic E-state index is -1.70. The molecule has 2 fully saturated rings. The summed E-state index contributed by atoms with van der Waals surface area (Å²) in [5, 5.41) is 4.66. The van der Waals surface area contributed by atoms with Crippen LogP contribution in [-0.2, 0) is 0 Å². The van der Waals surface area contributed by atoms with Gasteiger partial charge in [-0.2, -0.15) is 0 Å². The molecule has 0 bridgehead atoms. The lowest BCUT2D eigenvalue weighted by atomic mass is 9.69. The zero-order valence-corrected chi connectivity index (χ0v) is 24.0. The van der Waals surface area contributed by atoms with Crippen LogP contribution < -0.4 is 15.9 Å². The molecule has 37 heavy (non-hydrogen) atoms. The third-order valence-corrected chi connectivity index (χ3v) is 14.4. The molecule has 3 aromatic rings. The van der Waals surface area contributed by atoms with Gasteiger partial charge >= 0.3 is 0 Å². The van der Waals surface area contributed by atoms with E-state index in [1.54, 1.807) is 15.9 Å². The molecule has 0 atom stereocenters. The van der Waals surface area contributed by atoms with Crippen molar-refractivity contribution in [3.05, 3.63) is 91.0 Å². The summed E-state index contributed by atoms with van der Waals surface area (Å²) in [4.78, 5) is 0. The summed E-state index contributed by atoms with van der Waals surface area (Å²) in [6.45, 7) is 2.33. The molecular weight excluding hydrogens is 463 g/mol. The van der Waals surface area contributed by atoms with Crippen molar-refractivity contribution in [2.45, 2.75) is 84.0 Å². The van der Waals surface area contributed by atoms with Crippen LogP contribution in [-0.4, -0.2) is 6.16 Å². The highest BCUT2D eigenvalue weighted by atomic mass is 31.2. The standard InChI is InChI=1S/C36H48P/c1-2-3-7-14-30-21-25-32(26-22-30)33-27-23-31(24-28-33)29-37(34-15-8-4-9-16-34,35-17-10-5-11-18-35)36-19-12-6-13-20-36/h4-6,8-13,15-20,30-33H,2-3,7,14,21-29H2,1H3/q+1. The van der Waals surface area contributed by atoms with Crippen molar-refractivity contribution in [1.29, 1.82) is 0 Å². The molecule has 0 heterocycles. The van der Waals surface area contributed by atoms with E-state index in [0.717, 1.165) is 23.7 Å². The van der Waals surface area contributed by atoms with Crippen LogP contribution in [0.15, 0.2) is 91.0 Å². The quantitative estimate of drug-likeness (QED) is 0.188. The number of unbranched alkanes of at least 4 members (excludes halogenated alkanes) is 2. The molecule has 196 valence electrons. The third-order valence-electron chi connectivity index (χ3n) is 9.79. The third kappa shape index (κ3) is 6.40. The van der Waals surface area contributed by atoms with Gasteiger partial charge in [0.1, 0.15) is 23.2 Å². The number of hydrogen-bond donors (Lipinski definition) is 0. The van der Waals surface area contributed by atoms with Gasteiger partial charge in [0.05, 0.1) is 6.16 Å². The molecule has 5 rings (SSSR count). The van der Waals surface area contributed by atoms with Crippen LogP contribution in [0.25, 0.3) is 0 Å². The van der Waals surface area contributed by atoms with E-state index in [1.165, 1.54) is 83.2 Å². The summed E-state index contributed by atoms with van der Waals surface area (Å²) < 4.78 is 0. The molecule has 0 unspecified atom stereocenters. The Morgan fingerprint density at radius 1 is 0.514 bits per heavy atom. The molecular formula is C36H48P+. The van der Waals surface area contributed by atoms with E-state index in [-0.39, 0.29) is 0 Å². The van der Waals surface area contributed by atoms with Gasteiger partial charge in [-0.15, -0.1) is 0 Å². The van der Waals surface area contributed by atoms with E-state index < -0.39 is 7.26 Å². The molecule has 0 radical (unpaired) electrons. The zero-order valence-electron chi connectivity index (χ0n) is 23.1. The van der Waals surface area contributed by atoms with Gasteiger partial charge in [0.15, 0.2) is 0 Å². The first-order valence-electron chi connectivity index (χ1n) is 15.3. The van der Waals surface area contributed by atoms with Crippen LogP contribution in [0.2, 0.25) is 0 Å². The van der Waals surface area contributed by atoms with E-state index in [2.05, 4.69) is 97.9 Å². The van der Waals surface area contributed by atoms with Gasteiger partial charge in [-0.05, 0) is 98.6 Å². The van der Waals surface area contributed by atoms with Crippen LogP contribution in [0.5, 0.6) is 0 Å². The Kier molecular flexibility index (Phi) is 9.55. The van der Waals surface area contributed by atoms with E-state index in [4.69, 9.17) is 0 Å². The maximum absolute atomic E-state index is 2.42. The molecule has 0 spiro atoms. The Bertz CT molecular complexity index is 931. The summed E-state index contributed by atoms with van der Waals surface area (Å²) in [6, 6.07) is 34.6. The van der Waals surface area contributed by atoms with Crippen molar-refractivity contribution >= 4 is 23.2 Å². The number of rotatable bonds is 10. The first-order chi connectivity index (χ1) is 18.3. The van der Waals surface area contributed by atoms with Crippen molar-refractivity contribution in [2.75, 3.05) is 6.16 Å². The van der Waals surface area contributed by atoms with E-state index in [0.29, 0.717) is 0 Å². The van der Waals surface area contributed by atoms with Gasteiger partial charge < -0.3 is 0 Å². The highest BCUT2D eigenvalue weighted by molar-refractivity contribution is 7.95. The van der Waals surface area contributed by atoms with Crippen LogP contribution in [0.1, 0.15) is 84.0 Å². The van der Waals surface area contributed by atoms with Gasteiger partial charge in [0.2, 0.25) is 0 Å². The molecule has 0 nitrogen and oxygen atoms in total. The fourth-order valence-electron chi connectivity index (χ4n) is 7.67. The fourth-order valence-corrected chi connectivity index (χ4v) is 12.4. The maximum atomic E-state index is 2.42. The number of benzene rings is 3. The van der Waals surface area contributed by atoms with E-state index in [9.17, 15) is 0 Å². The van der Waals surface area contributed by atoms with E-state index in [1.807, 2.05) is 0 Å². The topological polar surface area (TPSA) is 0 Å². The van der Waals surface area contributed by atoms with Gasteiger partial charge in [0, 0.05) is 0 Å². The van der Waals surface area contributed by atoms with Crippen molar-refractivity contribution in [3.8, 4) is 0 Å². The Labute approximate surface area is 227 Å². The summed E-state index contributed by atoms with van der Waals surface area (Å²) >= 11 is 0. The molecule has 0 N–H and O–H groups in total. The first kappa shape index (κ1) is 26.7. The first-order valence-corrected chi connectivity index (χ1v) is 17.3. The second kappa shape index (κ2) is 13.2. The minimum Gasteiger partial charge on any atom is -0.0654 e. The predicted molar refractivity (Wildman–Crippen MR) is 165 cm³/mol. The Balaban J connectivity index is 1.30. The van der Waals surface area contributed by atoms with Crippen molar-refractivity contribution < 1.29 is 0 Å². The molecule has 3 aromatic carbocycles.